The first-order valence-electron chi connectivity index (χ1n) is 10.1. The van der Waals surface area contributed by atoms with Crippen LogP contribution in [0.15, 0.2) is 29.2 Å². The smallest absolute Gasteiger partial charge is 0.280 e. The maximum atomic E-state index is 14.0. The molecule has 0 saturated carbocycles. The molecule has 8 heteroatoms. The van der Waals surface area contributed by atoms with Crippen LogP contribution in [0, 0.1) is 17.7 Å². The van der Waals surface area contributed by atoms with Crippen molar-refractivity contribution in [3.63, 3.8) is 0 Å². The van der Waals surface area contributed by atoms with E-state index in [4.69, 9.17) is 0 Å². The van der Waals surface area contributed by atoms with Gasteiger partial charge in [0.2, 0.25) is 10.0 Å². The first-order valence-corrected chi connectivity index (χ1v) is 11.5. The van der Waals surface area contributed by atoms with Crippen LogP contribution in [0.25, 0.3) is 0 Å². The molecule has 0 spiro atoms. The number of benzene rings is 1. The van der Waals surface area contributed by atoms with E-state index in [-0.39, 0.29) is 29.9 Å². The molecule has 3 rings (SSSR count). The summed E-state index contributed by atoms with van der Waals surface area (Å²) in [4.78, 5) is 15.7. The minimum absolute atomic E-state index is 0.152. The van der Waals surface area contributed by atoms with Gasteiger partial charge in [-0.05, 0) is 37.3 Å². The summed E-state index contributed by atoms with van der Waals surface area (Å²) in [6, 6.07) is 5.27. The number of hydrogen-bond acceptors (Lipinski definition) is 3. The summed E-state index contributed by atoms with van der Waals surface area (Å²) in [7, 11) is -3.85. The molecule has 3 atom stereocenters. The molecule has 1 aromatic carbocycles. The number of likely N-dealkylation sites (tertiary alicyclic amines) is 1. The fourth-order valence-corrected chi connectivity index (χ4v) is 6.04. The standard InChI is InChI=1S/C20H30FN3O3S/c1-15-12-16(2)14-23(13-15)20(25)17(3)22-8-10-24(11-9-22)28(26,27)19-7-5-4-6-18(19)21/h4-7,15-17H,8-14H2,1-3H3/p+1/t15-,16-,17-/m1/s1. The largest absolute Gasteiger partial charge is 0.337 e. The van der Waals surface area contributed by atoms with Gasteiger partial charge in [0.15, 0.2) is 6.04 Å². The van der Waals surface area contributed by atoms with Crippen LogP contribution in [0.2, 0.25) is 0 Å². The Bertz CT molecular complexity index is 799. The lowest BCUT2D eigenvalue weighted by Crippen LogP contribution is -3.19. The fraction of sp³-hybridized carbons (Fsp3) is 0.650. The number of piperazine rings is 1. The number of carbonyl (C=O) groups is 1. The molecule has 2 fully saturated rings. The second kappa shape index (κ2) is 8.47. The van der Waals surface area contributed by atoms with Gasteiger partial charge in [-0.2, -0.15) is 4.31 Å². The summed E-state index contributed by atoms with van der Waals surface area (Å²) in [6.45, 7) is 9.55. The Morgan fingerprint density at radius 3 is 2.29 bits per heavy atom. The highest BCUT2D eigenvalue weighted by atomic mass is 32.2. The Morgan fingerprint density at radius 2 is 1.71 bits per heavy atom. The molecule has 156 valence electrons. The van der Waals surface area contributed by atoms with Crippen molar-refractivity contribution in [3.05, 3.63) is 30.1 Å². The van der Waals surface area contributed by atoms with Crippen molar-refractivity contribution >= 4 is 15.9 Å². The SMILES string of the molecule is C[C@@H]1C[C@@H](C)CN(C(=O)[C@@H](C)[NH+]2CCN(S(=O)(=O)c3ccccc3F)CC2)C1. The number of quaternary nitrogens is 1. The van der Waals surface area contributed by atoms with E-state index in [1.807, 2.05) is 11.8 Å². The molecule has 0 aliphatic carbocycles. The van der Waals surface area contributed by atoms with E-state index in [0.717, 1.165) is 30.5 Å². The minimum Gasteiger partial charge on any atom is -0.337 e. The Hall–Kier alpha value is -1.51. The lowest BCUT2D eigenvalue weighted by molar-refractivity contribution is -0.918. The summed E-state index contributed by atoms with van der Waals surface area (Å²) >= 11 is 0. The summed E-state index contributed by atoms with van der Waals surface area (Å²) in [5.41, 5.74) is 0. The molecule has 2 heterocycles. The maximum Gasteiger partial charge on any atom is 0.280 e. The maximum absolute atomic E-state index is 14.0. The summed E-state index contributed by atoms with van der Waals surface area (Å²) < 4.78 is 40.8. The first-order chi connectivity index (χ1) is 13.2. The number of carbonyl (C=O) groups excluding carboxylic acids is 1. The zero-order chi connectivity index (χ0) is 20.5. The van der Waals surface area contributed by atoms with Gasteiger partial charge in [-0.15, -0.1) is 0 Å². The van der Waals surface area contributed by atoms with Crippen molar-refractivity contribution in [2.24, 2.45) is 11.8 Å². The predicted octanol–water partition coefficient (Wildman–Crippen LogP) is 0.608. The number of nitrogens with zero attached hydrogens (tertiary/aromatic N) is 2. The predicted molar refractivity (Wildman–Crippen MR) is 105 cm³/mol. The van der Waals surface area contributed by atoms with Crippen molar-refractivity contribution in [3.8, 4) is 0 Å². The lowest BCUT2D eigenvalue weighted by atomic mass is 9.91. The molecule has 0 radical (unpaired) electrons. The minimum atomic E-state index is -3.85. The van der Waals surface area contributed by atoms with E-state index in [2.05, 4.69) is 13.8 Å². The average Bonchev–Trinajstić information content (AvgIpc) is 2.66. The normalized spacial score (nSPS) is 26.2. The third kappa shape index (κ3) is 4.39. The third-order valence-electron chi connectivity index (χ3n) is 5.98. The molecule has 6 nitrogen and oxygen atoms in total. The molecular formula is C20H31FN3O3S+. The number of piperidine rings is 1. The second-order valence-corrected chi connectivity index (χ2v) is 10.3. The first kappa shape index (κ1) is 21.2. The molecule has 0 unspecified atom stereocenters. The number of amides is 1. The summed E-state index contributed by atoms with van der Waals surface area (Å²) in [6.07, 6.45) is 1.15. The van der Waals surface area contributed by atoms with Gasteiger partial charge in [0.25, 0.3) is 5.91 Å². The third-order valence-corrected chi connectivity index (χ3v) is 7.91. The average molecular weight is 413 g/mol. The number of hydrogen-bond donors (Lipinski definition) is 1. The van der Waals surface area contributed by atoms with Gasteiger partial charge in [0.05, 0.1) is 26.2 Å². The fourth-order valence-electron chi connectivity index (χ4n) is 4.53. The highest BCUT2D eigenvalue weighted by Gasteiger charge is 2.37. The molecule has 2 saturated heterocycles. The van der Waals surface area contributed by atoms with E-state index >= 15 is 0 Å². The van der Waals surface area contributed by atoms with E-state index in [1.54, 1.807) is 0 Å². The Labute approximate surface area is 167 Å². The van der Waals surface area contributed by atoms with Crippen molar-refractivity contribution < 1.29 is 22.5 Å². The number of sulfonamides is 1. The molecule has 28 heavy (non-hydrogen) atoms. The van der Waals surface area contributed by atoms with Crippen molar-refractivity contribution in [2.45, 2.75) is 38.1 Å². The van der Waals surface area contributed by atoms with Gasteiger partial charge < -0.3 is 9.80 Å². The van der Waals surface area contributed by atoms with Crippen LogP contribution in [-0.4, -0.2) is 68.8 Å². The number of rotatable bonds is 4. The Kier molecular flexibility index (Phi) is 6.41. The molecule has 1 N–H and O–H groups in total. The van der Waals surface area contributed by atoms with Crippen LogP contribution >= 0.6 is 0 Å². The van der Waals surface area contributed by atoms with Crippen LogP contribution in [0.4, 0.5) is 4.39 Å². The zero-order valence-corrected chi connectivity index (χ0v) is 17.7. The summed E-state index contributed by atoms with van der Waals surface area (Å²) in [5.74, 6) is 0.447. The van der Waals surface area contributed by atoms with Crippen LogP contribution in [-0.2, 0) is 14.8 Å². The van der Waals surface area contributed by atoms with Crippen molar-refractivity contribution in [2.75, 3.05) is 39.3 Å². The van der Waals surface area contributed by atoms with Crippen LogP contribution < -0.4 is 4.90 Å². The van der Waals surface area contributed by atoms with E-state index < -0.39 is 15.8 Å². The highest BCUT2D eigenvalue weighted by molar-refractivity contribution is 7.89. The van der Waals surface area contributed by atoms with Crippen molar-refractivity contribution in [1.29, 1.82) is 0 Å². The quantitative estimate of drug-likeness (QED) is 0.788. The van der Waals surface area contributed by atoms with E-state index in [0.29, 0.717) is 24.9 Å². The Balaban J connectivity index is 1.62. The number of halogens is 1. The van der Waals surface area contributed by atoms with Gasteiger partial charge in [-0.3, -0.25) is 4.79 Å². The zero-order valence-electron chi connectivity index (χ0n) is 16.9. The highest BCUT2D eigenvalue weighted by Crippen LogP contribution is 2.21. The van der Waals surface area contributed by atoms with Crippen LogP contribution in [0.3, 0.4) is 0 Å². The number of nitrogens with one attached hydrogen (secondary N) is 1. The molecule has 0 bridgehead atoms. The van der Waals surface area contributed by atoms with Gasteiger partial charge >= 0.3 is 0 Å². The van der Waals surface area contributed by atoms with Crippen LogP contribution in [0.1, 0.15) is 27.2 Å². The van der Waals surface area contributed by atoms with Gasteiger partial charge in [-0.1, -0.05) is 26.0 Å². The van der Waals surface area contributed by atoms with E-state index in [1.165, 1.54) is 22.5 Å². The molecule has 2 aliphatic heterocycles. The van der Waals surface area contributed by atoms with Gasteiger partial charge in [0, 0.05) is 13.1 Å². The Morgan fingerprint density at radius 1 is 1.14 bits per heavy atom. The van der Waals surface area contributed by atoms with Gasteiger partial charge in [0.1, 0.15) is 10.7 Å². The molecule has 1 amide bonds. The molecule has 0 aromatic heterocycles. The monoisotopic (exact) mass is 412 g/mol. The molecular weight excluding hydrogens is 381 g/mol. The van der Waals surface area contributed by atoms with E-state index in [9.17, 15) is 17.6 Å². The van der Waals surface area contributed by atoms with Gasteiger partial charge in [-0.25, -0.2) is 12.8 Å². The molecule has 1 aromatic rings. The van der Waals surface area contributed by atoms with Crippen LogP contribution in [0.5, 0.6) is 0 Å². The topological polar surface area (TPSA) is 62.1 Å². The lowest BCUT2D eigenvalue weighted by Gasteiger charge is -2.39. The second-order valence-electron chi connectivity index (χ2n) is 8.40. The molecule has 2 aliphatic rings. The summed E-state index contributed by atoms with van der Waals surface area (Å²) in [5, 5.41) is 0. The van der Waals surface area contributed by atoms with Crippen molar-refractivity contribution in [1.82, 2.24) is 9.21 Å².